The number of ether oxygens (including phenoxy) is 3. The van der Waals surface area contributed by atoms with Crippen LogP contribution >= 0.6 is 0 Å². The number of methoxy groups -OCH3 is 2. The van der Waals surface area contributed by atoms with Crippen molar-refractivity contribution in [2.75, 3.05) is 19.5 Å². The van der Waals surface area contributed by atoms with Gasteiger partial charge in [0.25, 0.3) is 11.8 Å². The zero-order chi connectivity index (χ0) is 22.8. The Balaban J connectivity index is 1.61. The molecule has 164 valence electrons. The summed E-state index contributed by atoms with van der Waals surface area (Å²) in [4.78, 5) is 24.6. The topological polar surface area (TPSA) is 113 Å². The fourth-order valence-corrected chi connectivity index (χ4v) is 3.43. The van der Waals surface area contributed by atoms with Crippen molar-refractivity contribution < 1.29 is 28.2 Å². The number of hydrogen-bond donors (Lipinski definition) is 2. The third-order valence-corrected chi connectivity index (χ3v) is 5.08. The van der Waals surface area contributed by atoms with Crippen LogP contribution in [0.25, 0.3) is 21.9 Å². The molecule has 0 aliphatic heterocycles. The predicted octanol–water partition coefficient (Wildman–Crippen LogP) is 4.11. The summed E-state index contributed by atoms with van der Waals surface area (Å²) >= 11 is 0. The lowest BCUT2D eigenvalue weighted by atomic mass is 10.1. The van der Waals surface area contributed by atoms with Crippen LogP contribution in [0.5, 0.6) is 17.2 Å². The van der Waals surface area contributed by atoms with Gasteiger partial charge in [-0.1, -0.05) is 18.2 Å². The smallest absolute Gasteiger partial charge is 0.265 e. The van der Waals surface area contributed by atoms with E-state index in [1.165, 1.54) is 26.4 Å². The number of fused-ring (bicyclic) bond motifs is 3. The predicted molar refractivity (Wildman–Crippen MR) is 121 cm³/mol. The number of carbonyl (C=O) groups excluding carboxylic acids is 2. The molecule has 3 aromatic carbocycles. The van der Waals surface area contributed by atoms with Crippen molar-refractivity contribution in [1.82, 2.24) is 0 Å². The number of benzene rings is 3. The first-order valence-electron chi connectivity index (χ1n) is 9.86. The number of amides is 2. The van der Waals surface area contributed by atoms with Crippen molar-refractivity contribution in [2.45, 2.75) is 13.0 Å². The first kappa shape index (κ1) is 21.0. The number of nitrogens with two attached hydrogens (primary N) is 1. The first-order chi connectivity index (χ1) is 15.4. The van der Waals surface area contributed by atoms with E-state index in [0.29, 0.717) is 22.8 Å². The summed E-state index contributed by atoms with van der Waals surface area (Å²) in [6.07, 6.45) is -0.948. The van der Waals surface area contributed by atoms with E-state index in [1.54, 1.807) is 19.1 Å². The van der Waals surface area contributed by atoms with E-state index in [4.69, 9.17) is 24.4 Å². The van der Waals surface area contributed by atoms with Crippen molar-refractivity contribution in [3.63, 3.8) is 0 Å². The lowest BCUT2D eigenvalue weighted by Gasteiger charge is -2.18. The third kappa shape index (κ3) is 3.90. The van der Waals surface area contributed by atoms with Crippen LogP contribution in [0.3, 0.4) is 0 Å². The lowest BCUT2D eigenvalue weighted by Crippen LogP contribution is -2.31. The molecule has 0 spiro atoms. The van der Waals surface area contributed by atoms with E-state index in [9.17, 15) is 9.59 Å². The van der Waals surface area contributed by atoms with Crippen molar-refractivity contribution in [1.29, 1.82) is 0 Å². The van der Waals surface area contributed by atoms with Gasteiger partial charge in [0.2, 0.25) is 0 Å². The monoisotopic (exact) mass is 434 g/mol. The average Bonchev–Trinajstić information content (AvgIpc) is 3.15. The van der Waals surface area contributed by atoms with Crippen LogP contribution in [0.1, 0.15) is 17.3 Å². The highest BCUT2D eigenvalue weighted by atomic mass is 16.5. The molecule has 1 atom stereocenters. The Kier molecular flexibility index (Phi) is 5.59. The van der Waals surface area contributed by atoms with Crippen LogP contribution in [0.2, 0.25) is 0 Å². The second-order valence-corrected chi connectivity index (χ2v) is 7.12. The molecular formula is C24H22N2O6. The van der Waals surface area contributed by atoms with Gasteiger partial charge in [-0.3, -0.25) is 9.59 Å². The molecule has 1 unspecified atom stereocenters. The SMILES string of the molecule is COc1ccc(C(N)=O)c(OC(C)C(=O)Nc2cc3oc4ccccc4c3cc2OC)c1. The molecule has 0 aliphatic rings. The molecule has 4 aromatic rings. The number of nitrogens with one attached hydrogen (secondary N) is 1. The van der Waals surface area contributed by atoms with Gasteiger partial charge in [-0.25, -0.2) is 0 Å². The molecule has 1 heterocycles. The fourth-order valence-electron chi connectivity index (χ4n) is 3.43. The molecule has 0 saturated heterocycles. The Labute approximate surface area is 183 Å². The molecule has 2 amide bonds. The van der Waals surface area contributed by atoms with E-state index >= 15 is 0 Å². The van der Waals surface area contributed by atoms with E-state index in [1.807, 2.05) is 30.3 Å². The molecule has 0 radical (unpaired) electrons. The zero-order valence-corrected chi connectivity index (χ0v) is 17.8. The number of hydrogen-bond acceptors (Lipinski definition) is 6. The second kappa shape index (κ2) is 8.50. The normalized spacial score (nSPS) is 11.8. The summed E-state index contributed by atoms with van der Waals surface area (Å²) < 4.78 is 22.3. The van der Waals surface area contributed by atoms with Crippen LogP contribution in [-0.2, 0) is 4.79 Å². The van der Waals surface area contributed by atoms with E-state index in [2.05, 4.69) is 5.32 Å². The van der Waals surface area contributed by atoms with E-state index < -0.39 is 17.9 Å². The van der Waals surface area contributed by atoms with Crippen LogP contribution in [-0.4, -0.2) is 32.1 Å². The first-order valence-corrected chi connectivity index (χ1v) is 9.86. The summed E-state index contributed by atoms with van der Waals surface area (Å²) in [5.74, 6) is -0.0260. The Hall–Kier alpha value is -4.20. The molecule has 0 aliphatic carbocycles. The Morgan fingerprint density at radius 1 is 0.938 bits per heavy atom. The molecule has 0 bridgehead atoms. The van der Waals surface area contributed by atoms with Gasteiger partial charge < -0.3 is 29.7 Å². The Morgan fingerprint density at radius 3 is 2.44 bits per heavy atom. The molecule has 0 saturated carbocycles. The largest absolute Gasteiger partial charge is 0.497 e. The van der Waals surface area contributed by atoms with Gasteiger partial charge in [-0.15, -0.1) is 0 Å². The van der Waals surface area contributed by atoms with E-state index in [-0.39, 0.29) is 11.3 Å². The Morgan fingerprint density at radius 2 is 1.72 bits per heavy atom. The van der Waals surface area contributed by atoms with Crippen LogP contribution in [0.15, 0.2) is 59.0 Å². The Bertz CT molecular complexity index is 1330. The zero-order valence-electron chi connectivity index (χ0n) is 17.8. The van der Waals surface area contributed by atoms with Gasteiger partial charge in [-0.2, -0.15) is 0 Å². The lowest BCUT2D eigenvalue weighted by molar-refractivity contribution is -0.122. The molecule has 0 fully saturated rings. The highest BCUT2D eigenvalue weighted by Crippen LogP contribution is 2.36. The number of primary amides is 1. The molecule has 8 nitrogen and oxygen atoms in total. The maximum Gasteiger partial charge on any atom is 0.265 e. The highest BCUT2D eigenvalue weighted by molar-refractivity contribution is 6.08. The van der Waals surface area contributed by atoms with Gasteiger partial charge in [0.15, 0.2) is 6.10 Å². The van der Waals surface area contributed by atoms with Crippen molar-refractivity contribution >= 4 is 39.4 Å². The number of carbonyl (C=O) groups is 2. The summed E-state index contributed by atoms with van der Waals surface area (Å²) in [5, 5.41) is 4.63. The molecular weight excluding hydrogens is 412 g/mol. The molecule has 8 heteroatoms. The molecule has 1 aromatic heterocycles. The van der Waals surface area contributed by atoms with Crippen molar-refractivity contribution in [3.05, 3.63) is 60.2 Å². The van der Waals surface area contributed by atoms with Gasteiger partial charge in [0, 0.05) is 22.9 Å². The van der Waals surface area contributed by atoms with Gasteiger partial charge in [-0.05, 0) is 31.2 Å². The highest BCUT2D eigenvalue weighted by Gasteiger charge is 2.21. The van der Waals surface area contributed by atoms with Gasteiger partial charge in [0.1, 0.15) is 28.4 Å². The minimum absolute atomic E-state index is 0.145. The number of rotatable bonds is 7. The summed E-state index contributed by atoms with van der Waals surface area (Å²) in [6.45, 7) is 1.56. The van der Waals surface area contributed by atoms with Crippen LogP contribution in [0.4, 0.5) is 5.69 Å². The van der Waals surface area contributed by atoms with Crippen molar-refractivity contribution in [2.24, 2.45) is 5.73 Å². The maximum absolute atomic E-state index is 12.9. The fraction of sp³-hybridized carbons (Fsp3) is 0.167. The van der Waals surface area contributed by atoms with Gasteiger partial charge in [0.05, 0.1) is 25.5 Å². The summed E-state index contributed by atoms with van der Waals surface area (Å²) in [7, 11) is 3.01. The standard InChI is InChI=1S/C24H22N2O6/c1-13(31-20-10-14(29-2)8-9-16(20)23(25)27)24(28)26-18-12-21-17(11-22(18)30-3)15-6-4-5-7-19(15)32-21/h4-13H,1-3H3,(H2,25,27)(H,26,28). The summed E-state index contributed by atoms with van der Waals surface area (Å²) in [5.41, 5.74) is 7.34. The van der Waals surface area contributed by atoms with Crippen LogP contribution < -0.4 is 25.3 Å². The number of anilines is 1. The molecule has 32 heavy (non-hydrogen) atoms. The number of para-hydroxylation sites is 1. The van der Waals surface area contributed by atoms with Crippen molar-refractivity contribution in [3.8, 4) is 17.2 Å². The van der Waals surface area contributed by atoms with Gasteiger partial charge >= 0.3 is 0 Å². The second-order valence-electron chi connectivity index (χ2n) is 7.12. The van der Waals surface area contributed by atoms with Crippen LogP contribution in [0, 0.1) is 0 Å². The third-order valence-electron chi connectivity index (χ3n) is 5.08. The minimum atomic E-state index is -0.948. The molecule has 4 rings (SSSR count). The number of furan rings is 1. The quantitative estimate of drug-likeness (QED) is 0.453. The molecule has 3 N–H and O–H groups in total. The van der Waals surface area contributed by atoms with E-state index in [0.717, 1.165) is 16.4 Å². The summed E-state index contributed by atoms with van der Waals surface area (Å²) in [6, 6.07) is 15.8. The average molecular weight is 434 g/mol. The maximum atomic E-state index is 12.9. The minimum Gasteiger partial charge on any atom is -0.497 e.